The molecule has 45 heavy (non-hydrogen) atoms. The summed E-state index contributed by atoms with van der Waals surface area (Å²) in [6, 6.07) is 13.3. The first-order chi connectivity index (χ1) is 21.3. The summed E-state index contributed by atoms with van der Waals surface area (Å²) in [7, 11) is 1.51. The molecule has 1 aromatic heterocycles. The Balaban J connectivity index is 1.67. The quantitative estimate of drug-likeness (QED) is 0.240. The molecule has 0 saturated heterocycles. The fourth-order valence-electron chi connectivity index (χ4n) is 4.06. The lowest BCUT2D eigenvalue weighted by Gasteiger charge is -2.22. The number of aromatic nitrogens is 4. The number of likely N-dealkylation sites (N-methyl/N-ethyl adjacent to an activating group) is 1. The van der Waals surface area contributed by atoms with Crippen molar-refractivity contribution in [1.29, 1.82) is 0 Å². The van der Waals surface area contributed by atoms with Crippen LogP contribution in [0.1, 0.15) is 57.0 Å². The van der Waals surface area contributed by atoms with Crippen LogP contribution in [0.15, 0.2) is 54.6 Å². The topological polar surface area (TPSA) is 183 Å². The monoisotopic (exact) mass is 621 g/mol. The molecule has 14 heteroatoms. The van der Waals surface area contributed by atoms with E-state index < -0.39 is 54.4 Å². The summed E-state index contributed by atoms with van der Waals surface area (Å²) < 4.78 is 10.6. The summed E-state index contributed by atoms with van der Waals surface area (Å²) in [4.78, 5) is 64.1. The van der Waals surface area contributed by atoms with Gasteiger partial charge in [0.1, 0.15) is 30.8 Å². The Bertz CT molecular complexity index is 1480. The number of ether oxygens (including phenoxy) is 2. The van der Waals surface area contributed by atoms with Crippen LogP contribution in [-0.4, -0.2) is 74.6 Å². The molecular formula is C31H39N7O7. The summed E-state index contributed by atoms with van der Waals surface area (Å²) in [5.41, 5.74) is 0.799. The van der Waals surface area contributed by atoms with E-state index in [0.717, 1.165) is 10.4 Å². The number of carbonyl (C=O) groups excluding carboxylic acids is 5. The van der Waals surface area contributed by atoms with E-state index in [2.05, 4.69) is 31.4 Å². The van der Waals surface area contributed by atoms with Crippen LogP contribution in [0, 0.1) is 5.92 Å². The number of hydrogen-bond acceptors (Lipinski definition) is 10. The van der Waals surface area contributed by atoms with Gasteiger partial charge in [0.05, 0.1) is 6.42 Å². The Hall–Kier alpha value is -5.14. The molecule has 3 aromatic rings. The van der Waals surface area contributed by atoms with E-state index in [9.17, 15) is 24.0 Å². The largest absolute Gasteiger partial charge is 0.460 e. The Morgan fingerprint density at radius 3 is 2.20 bits per heavy atom. The lowest BCUT2D eigenvalue weighted by Crippen LogP contribution is -2.48. The van der Waals surface area contributed by atoms with Crippen molar-refractivity contribution >= 4 is 29.7 Å². The number of hydrogen-bond donors (Lipinski definition) is 3. The van der Waals surface area contributed by atoms with Crippen molar-refractivity contribution in [3.05, 3.63) is 65.7 Å². The predicted molar refractivity (Wildman–Crippen MR) is 162 cm³/mol. The third-order valence-corrected chi connectivity index (χ3v) is 6.32. The number of carbonyl (C=O) groups is 5. The standard InChI is InChI=1S/C31H39N7O7/c1-19(2)26(29(42)32-6)34-28(41)22-14-12-21(13-15-22)27-35-37-38(36-27)17-24(39)23(16-25(40)45-31(3,4)5)33-30(43)44-18-20-10-8-7-9-11-20/h7-15,19,23,26H,16-18H2,1-6H3,(H,32,42)(H,33,43)(H,34,41). The normalized spacial score (nSPS) is 12.5. The number of amides is 3. The van der Waals surface area contributed by atoms with Gasteiger partial charge in [-0.15, -0.1) is 10.2 Å². The van der Waals surface area contributed by atoms with Gasteiger partial charge in [0.15, 0.2) is 5.78 Å². The maximum absolute atomic E-state index is 13.2. The van der Waals surface area contributed by atoms with Crippen LogP contribution >= 0.6 is 0 Å². The van der Waals surface area contributed by atoms with E-state index in [1.807, 2.05) is 19.9 Å². The molecule has 0 spiro atoms. The lowest BCUT2D eigenvalue weighted by atomic mass is 10.0. The molecule has 0 aliphatic rings. The van der Waals surface area contributed by atoms with Gasteiger partial charge in [-0.25, -0.2) is 4.79 Å². The second-order valence-corrected chi connectivity index (χ2v) is 11.5. The van der Waals surface area contributed by atoms with Crippen LogP contribution in [0.25, 0.3) is 11.4 Å². The van der Waals surface area contributed by atoms with E-state index in [4.69, 9.17) is 9.47 Å². The SMILES string of the molecule is CNC(=O)C(NC(=O)c1ccc(-c2nnn(CC(=O)C(CC(=O)OC(C)(C)C)NC(=O)OCc3ccccc3)n2)cc1)C(C)C. The molecule has 2 atom stereocenters. The predicted octanol–water partition coefficient (Wildman–Crippen LogP) is 2.44. The zero-order valence-electron chi connectivity index (χ0n) is 26.2. The van der Waals surface area contributed by atoms with Crippen molar-refractivity contribution in [3.8, 4) is 11.4 Å². The summed E-state index contributed by atoms with van der Waals surface area (Å²) >= 11 is 0. The van der Waals surface area contributed by atoms with Crippen LogP contribution in [0.4, 0.5) is 4.79 Å². The zero-order chi connectivity index (χ0) is 33.1. The molecule has 1 heterocycles. The van der Waals surface area contributed by atoms with Crippen molar-refractivity contribution in [3.63, 3.8) is 0 Å². The Kier molecular flexibility index (Phi) is 11.9. The van der Waals surface area contributed by atoms with Crippen LogP contribution < -0.4 is 16.0 Å². The van der Waals surface area contributed by atoms with Crippen molar-refractivity contribution in [2.45, 2.75) is 71.9 Å². The maximum Gasteiger partial charge on any atom is 0.408 e. The fourth-order valence-corrected chi connectivity index (χ4v) is 4.06. The van der Waals surface area contributed by atoms with E-state index >= 15 is 0 Å². The average molecular weight is 622 g/mol. The van der Waals surface area contributed by atoms with Gasteiger partial charge in [0, 0.05) is 18.2 Å². The highest BCUT2D eigenvalue weighted by atomic mass is 16.6. The van der Waals surface area contributed by atoms with Crippen molar-refractivity contribution in [2.75, 3.05) is 7.05 Å². The molecular weight excluding hydrogens is 582 g/mol. The third kappa shape index (κ3) is 10.8. The fraction of sp³-hybridized carbons (Fsp3) is 0.419. The number of alkyl carbamates (subject to hydrolysis) is 1. The highest BCUT2D eigenvalue weighted by Gasteiger charge is 2.28. The van der Waals surface area contributed by atoms with E-state index in [-0.39, 0.29) is 24.3 Å². The first-order valence-corrected chi connectivity index (χ1v) is 14.4. The van der Waals surface area contributed by atoms with Crippen LogP contribution in [-0.2, 0) is 37.0 Å². The van der Waals surface area contributed by atoms with Gasteiger partial charge in [-0.2, -0.15) is 4.80 Å². The van der Waals surface area contributed by atoms with Gasteiger partial charge in [-0.05, 0) is 49.6 Å². The Morgan fingerprint density at radius 1 is 0.933 bits per heavy atom. The summed E-state index contributed by atoms with van der Waals surface area (Å²) in [6.07, 6.45) is -1.31. The summed E-state index contributed by atoms with van der Waals surface area (Å²) in [5.74, 6) is -1.91. The van der Waals surface area contributed by atoms with Gasteiger partial charge in [0.25, 0.3) is 5.91 Å². The van der Waals surface area contributed by atoms with E-state index in [0.29, 0.717) is 11.1 Å². The first-order valence-electron chi connectivity index (χ1n) is 14.4. The van der Waals surface area contributed by atoms with Crippen molar-refractivity contribution in [2.24, 2.45) is 5.92 Å². The molecule has 0 aliphatic carbocycles. The van der Waals surface area contributed by atoms with Gasteiger partial charge < -0.3 is 25.4 Å². The molecule has 2 unspecified atom stereocenters. The minimum Gasteiger partial charge on any atom is -0.460 e. The number of nitrogens with one attached hydrogen (secondary N) is 3. The Labute approximate surface area is 261 Å². The van der Waals surface area contributed by atoms with Crippen LogP contribution in [0.5, 0.6) is 0 Å². The molecule has 3 N–H and O–H groups in total. The molecule has 0 aliphatic heterocycles. The number of ketones is 1. The number of Topliss-reactive ketones (excluding diaryl/α,β-unsaturated/α-hetero) is 1. The first kappa shape index (κ1) is 34.4. The molecule has 0 radical (unpaired) electrons. The average Bonchev–Trinajstić information content (AvgIpc) is 3.45. The van der Waals surface area contributed by atoms with Crippen molar-refractivity contribution in [1.82, 2.24) is 36.2 Å². The minimum absolute atomic E-state index is 0.0269. The number of tetrazole rings is 1. The van der Waals surface area contributed by atoms with Gasteiger partial charge in [-0.3, -0.25) is 19.2 Å². The lowest BCUT2D eigenvalue weighted by molar-refractivity contribution is -0.156. The minimum atomic E-state index is -1.28. The van der Waals surface area contributed by atoms with Crippen LogP contribution in [0.3, 0.4) is 0 Å². The second kappa shape index (κ2) is 15.5. The molecule has 3 amide bonds. The molecule has 0 saturated carbocycles. The van der Waals surface area contributed by atoms with Crippen LogP contribution in [0.2, 0.25) is 0 Å². The zero-order valence-corrected chi connectivity index (χ0v) is 26.2. The van der Waals surface area contributed by atoms with E-state index in [1.54, 1.807) is 69.3 Å². The molecule has 14 nitrogen and oxygen atoms in total. The molecule has 0 fully saturated rings. The Morgan fingerprint density at radius 2 is 1.60 bits per heavy atom. The highest BCUT2D eigenvalue weighted by Crippen LogP contribution is 2.16. The van der Waals surface area contributed by atoms with Gasteiger partial charge in [0.2, 0.25) is 11.7 Å². The second-order valence-electron chi connectivity index (χ2n) is 11.5. The number of rotatable bonds is 13. The van der Waals surface area contributed by atoms with Crippen molar-refractivity contribution < 1.29 is 33.4 Å². The third-order valence-electron chi connectivity index (χ3n) is 6.32. The molecule has 0 bridgehead atoms. The molecule has 2 aromatic carbocycles. The summed E-state index contributed by atoms with van der Waals surface area (Å²) in [5, 5.41) is 19.9. The number of nitrogens with zero attached hydrogens (tertiary/aromatic N) is 4. The molecule has 3 rings (SSSR count). The molecule has 240 valence electrons. The number of esters is 1. The van der Waals surface area contributed by atoms with Gasteiger partial charge in [-0.1, -0.05) is 56.3 Å². The highest BCUT2D eigenvalue weighted by molar-refractivity contribution is 5.98. The summed E-state index contributed by atoms with van der Waals surface area (Å²) in [6.45, 7) is 8.30. The smallest absolute Gasteiger partial charge is 0.408 e. The number of benzene rings is 2. The van der Waals surface area contributed by atoms with Gasteiger partial charge >= 0.3 is 12.1 Å². The van der Waals surface area contributed by atoms with E-state index in [1.165, 1.54) is 7.05 Å². The maximum atomic E-state index is 13.2.